The fraction of sp³-hybridized carbons (Fsp3) is 0.250. The Morgan fingerprint density at radius 2 is 1.50 bits per heavy atom. The van der Waals surface area contributed by atoms with E-state index in [2.05, 4.69) is 12.1 Å². The van der Waals surface area contributed by atoms with E-state index in [0.717, 1.165) is 6.42 Å². The molecule has 0 spiro atoms. The minimum atomic E-state index is 0.143. The lowest BCUT2D eigenvalue weighted by atomic mass is 9.86. The van der Waals surface area contributed by atoms with Crippen molar-refractivity contribution in [2.24, 2.45) is 5.73 Å². The Bertz CT molecular complexity index is 476. The lowest BCUT2D eigenvalue weighted by Crippen LogP contribution is -2.19. The van der Waals surface area contributed by atoms with Crippen molar-refractivity contribution >= 4 is 0 Å². The topological polar surface area (TPSA) is 46.2 Å². The van der Waals surface area contributed by atoms with Crippen LogP contribution in [0.5, 0.6) is 5.75 Å². The van der Waals surface area contributed by atoms with E-state index in [9.17, 15) is 5.11 Å². The predicted molar refractivity (Wildman–Crippen MR) is 74.7 cm³/mol. The van der Waals surface area contributed by atoms with Crippen LogP contribution in [-0.2, 0) is 0 Å². The average molecular weight is 241 g/mol. The summed E-state index contributed by atoms with van der Waals surface area (Å²) in [5, 5.41) is 9.37. The van der Waals surface area contributed by atoms with Crippen molar-refractivity contribution in [1.82, 2.24) is 0 Å². The third-order valence-corrected chi connectivity index (χ3v) is 3.10. The summed E-state index contributed by atoms with van der Waals surface area (Å²) in [5.41, 5.74) is 8.40. The molecule has 2 rings (SSSR count). The van der Waals surface area contributed by atoms with Gasteiger partial charge in [-0.15, -0.1) is 0 Å². The molecule has 18 heavy (non-hydrogen) atoms. The molecule has 2 atom stereocenters. The summed E-state index contributed by atoms with van der Waals surface area (Å²) in [5.74, 6) is 0.582. The van der Waals surface area contributed by atoms with E-state index >= 15 is 0 Å². The van der Waals surface area contributed by atoms with E-state index in [1.807, 2.05) is 37.3 Å². The van der Waals surface area contributed by atoms with Crippen LogP contribution in [0.15, 0.2) is 54.6 Å². The largest absolute Gasteiger partial charge is 0.508 e. The molecule has 0 aliphatic heterocycles. The third-order valence-electron chi connectivity index (χ3n) is 3.10. The fourth-order valence-corrected chi connectivity index (χ4v) is 2.23. The van der Waals surface area contributed by atoms with E-state index in [0.29, 0.717) is 5.75 Å². The van der Waals surface area contributed by atoms with Gasteiger partial charge in [-0.3, -0.25) is 0 Å². The first kappa shape index (κ1) is 12.7. The second kappa shape index (κ2) is 5.69. The number of phenols is 1. The summed E-state index contributed by atoms with van der Waals surface area (Å²) < 4.78 is 0. The van der Waals surface area contributed by atoms with Crippen LogP contribution in [0.25, 0.3) is 0 Å². The van der Waals surface area contributed by atoms with Crippen LogP contribution in [0.1, 0.15) is 30.4 Å². The average Bonchev–Trinajstić information content (AvgIpc) is 2.38. The molecule has 2 aromatic carbocycles. The van der Waals surface area contributed by atoms with Gasteiger partial charge in [0.05, 0.1) is 0 Å². The van der Waals surface area contributed by atoms with Crippen LogP contribution in [0.3, 0.4) is 0 Å². The molecule has 0 saturated heterocycles. The van der Waals surface area contributed by atoms with Gasteiger partial charge in [-0.1, -0.05) is 42.5 Å². The molecule has 0 fully saturated rings. The predicted octanol–water partition coefficient (Wildman–Crippen LogP) is 3.26. The molecule has 0 heterocycles. The lowest BCUT2D eigenvalue weighted by molar-refractivity contribution is 0.474. The molecule has 94 valence electrons. The van der Waals surface area contributed by atoms with Gasteiger partial charge in [0.25, 0.3) is 0 Å². The van der Waals surface area contributed by atoms with Crippen LogP contribution in [0, 0.1) is 0 Å². The Morgan fingerprint density at radius 1 is 0.944 bits per heavy atom. The molecule has 2 heteroatoms. The fourth-order valence-electron chi connectivity index (χ4n) is 2.23. The number of benzene rings is 2. The molecule has 0 saturated carbocycles. The standard InChI is InChI=1S/C16H19NO/c1-12(17)11-16(13-5-3-2-4-6-13)14-7-9-15(18)10-8-14/h2-10,12,16,18H,11,17H2,1H3. The highest BCUT2D eigenvalue weighted by Crippen LogP contribution is 2.29. The molecule has 3 N–H and O–H groups in total. The van der Waals surface area contributed by atoms with Gasteiger partial charge < -0.3 is 10.8 Å². The van der Waals surface area contributed by atoms with Crippen LogP contribution in [-0.4, -0.2) is 11.1 Å². The number of aromatic hydroxyl groups is 1. The molecule has 0 aliphatic carbocycles. The van der Waals surface area contributed by atoms with E-state index in [1.54, 1.807) is 12.1 Å². The molecule has 2 aromatic rings. The second-order valence-electron chi connectivity index (χ2n) is 4.77. The molecular formula is C16H19NO. The number of rotatable bonds is 4. The van der Waals surface area contributed by atoms with Gasteiger partial charge in [0.1, 0.15) is 5.75 Å². The zero-order valence-corrected chi connectivity index (χ0v) is 10.6. The zero-order chi connectivity index (χ0) is 13.0. The summed E-state index contributed by atoms with van der Waals surface area (Å²) in [6, 6.07) is 17.9. The molecule has 2 unspecified atom stereocenters. The minimum Gasteiger partial charge on any atom is -0.508 e. The molecule has 0 aromatic heterocycles. The van der Waals surface area contributed by atoms with Crippen LogP contribution in [0.4, 0.5) is 0 Å². The first-order chi connectivity index (χ1) is 8.66. The summed E-state index contributed by atoms with van der Waals surface area (Å²) in [6.45, 7) is 2.02. The van der Waals surface area contributed by atoms with Crippen LogP contribution in [0.2, 0.25) is 0 Å². The Balaban J connectivity index is 2.33. The number of phenolic OH excluding ortho intramolecular Hbond substituents is 1. The van der Waals surface area contributed by atoms with Crippen molar-refractivity contribution < 1.29 is 5.11 Å². The van der Waals surface area contributed by atoms with Crippen molar-refractivity contribution in [1.29, 1.82) is 0 Å². The van der Waals surface area contributed by atoms with Crippen LogP contribution < -0.4 is 5.73 Å². The SMILES string of the molecule is CC(N)CC(c1ccccc1)c1ccc(O)cc1. The maximum atomic E-state index is 9.37. The highest BCUT2D eigenvalue weighted by Gasteiger charge is 2.15. The second-order valence-corrected chi connectivity index (χ2v) is 4.77. The Kier molecular flexibility index (Phi) is 4.00. The van der Waals surface area contributed by atoms with Crippen molar-refractivity contribution in [2.45, 2.75) is 25.3 Å². The number of nitrogens with two attached hydrogens (primary N) is 1. The molecule has 0 bridgehead atoms. The van der Waals surface area contributed by atoms with Crippen molar-refractivity contribution in [3.8, 4) is 5.75 Å². The van der Waals surface area contributed by atoms with Crippen molar-refractivity contribution in [3.63, 3.8) is 0 Å². The van der Waals surface area contributed by atoms with E-state index in [4.69, 9.17) is 5.73 Å². The normalized spacial score (nSPS) is 14.1. The first-order valence-corrected chi connectivity index (χ1v) is 6.26. The molecule has 2 nitrogen and oxygen atoms in total. The Morgan fingerprint density at radius 3 is 2.06 bits per heavy atom. The van der Waals surface area contributed by atoms with Gasteiger partial charge in [-0.25, -0.2) is 0 Å². The van der Waals surface area contributed by atoms with E-state index < -0.39 is 0 Å². The van der Waals surface area contributed by atoms with Crippen molar-refractivity contribution in [2.75, 3.05) is 0 Å². The zero-order valence-electron chi connectivity index (χ0n) is 10.6. The number of hydrogen-bond donors (Lipinski definition) is 2. The highest BCUT2D eigenvalue weighted by atomic mass is 16.3. The first-order valence-electron chi connectivity index (χ1n) is 6.26. The maximum absolute atomic E-state index is 9.37. The van der Waals surface area contributed by atoms with Gasteiger partial charge >= 0.3 is 0 Å². The van der Waals surface area contributed by atoms with E-state index in [-0.39, 0.29) is 12.0 Å². The molecule has 0 amide bonds. The summed E-state index contributed by atoms with van der Waals surface area (Å²) in [6.07, 6.45) is 0.898. The lowest BCUT2D eigenvalue weighted by Gasteiger charge is -2.20. The maximum Gasteiger partial charge on any atom is 0.115 e. The molecule has 0 radical (unpaired) electrons. The monoisotopic (exact) mass is 241 g/mol. The minimum absolute atomic E-state index is 0.143. The van der Waals surface area contributed by atoms with E-state index in [1.165, 1.54) is 11.1 Å². The highest BCUT2D eigenvalue weighted by molar-refractivity contribution is 5.35. The van der Waals surface area contributed by atoms with Gasteiger partial charge in [0.15, 0.2) is 0 Å². The molecule has 0 aliphatic rings. The van der Waals surface area contributed by atoms with Gasteiger partial charge in [0.2, 0.25) is 0 Å². The van der Waals surface area contributed by atoms with Gasteiger partial charge in [-0.2, -0.15) is 0 Å². The van der Waals surface area contributed by atoms with Crippen LogP contribution >= 0.6 is 0 Å². The summed E-state index contributed by atoms with van der Waals surface area (Å²) >= 11 is 0. The Hall–Kier alpha value is -1.80. The van der Waals surface area contributed by atoms with Crippen molar-refractivity contribution in [3.05, 3.63) is 65.7 Å². The van der Waals surface area contributed by atoms with Gasteiger partial charge in [0, 0.05) is 12.0 Å². The Labute approximate surface area is 108 Å². The van der Waals surface area contributed by atoms with Gasteiger partial charge in [-0.05, 0) is 36.6 Å². The summed E-state index contributed by atoms with van der Waals surface area (Å²) in [7, 11) is 0. The third kappa shape index (κ3) is 3.11. The molecular weight excluding hydrogens is 222 g/mol. The smallest absolute Gasteiger partial charge is 0.115 e. The summed E-state index contributed by atoms with van der Waals surface area (Å²) in [4.78, 5) is 0. The quantitative estimate of drug-likeness (QED) is 0.863. The number of hydrogen-bond acceptors (Lipinski definition) is 2.